The summed E-state index contributed by atoms with van der Waals surface area (Å²) in [4.78, 5) is 30.7. The Kier molecular flexibility index (Phi) is 5.73. The summed E-state index contributed by atoms with van der Waals surface area (Å²) in [5, 5.41) is 12.2. The number of anilines is 1. The molecule has 1 aromatic heterocycles. The van der Waals surface area contributed by atoms with Gasteiger partial charge >= 0.3 is 5.97 Å². The number of aliphatic hydroxyl groups is 1. The van der Waals surface area contributed by atoms with Gasteiger partial charge in [0.25, 0.3) is 5.91 Å². The number of amides is 1. The third-order valence-electron chi connectivity index (χ3n) is 4.68. The van der Waals surface area contributed by atoms with Crippen LogP contribution in [0.4, 0.5) is 5.69 Å². The van der Waals surface area contributed by atoms with E-state index < -0.39 is 5.97 Å². The number of carbonyl (C=O) groups is 2. The number of rotatable bonds is 6. The number of benzene rings is 2. The minimum absolute atomic E-state index is 0.0807. The summed E-state index contributed by atoms with van der Waals surface area (Å²) >= 11 is 2.23. The minimum atomic E-state index is -0.588. The number of hydrogen-bond donors (Lipinski definition) is 2. The Labute approximate surface area is 185 Å². The number of ether oxygens (including phenoxy) is 1. The largest absolute Gasteiger partial charge is 0.466 e. The van der Waals surface area contributed by atoms with Gasteiger partial charge in [0, 0.05) is 21.4 Å². The number of nitrogens with zero attached hydrogens (tertiary/aromatic N) is 2. The Bertz CT molecular complexity index is 1170. The number of halogens is 1. The highest BCUT2D eigenvalue weighted by Crippen LogP contribution is 2.29. The summed E-state index contributed by atoms with van der Waals surface area (Å²) in [6, 6.07) is 13.1. The third kappa shape index (κ3) is 3.90. The quantitative estimate of drug-likeness (QED) is 0.381. The number of aliphatic hydroxyl groups excluding tert-OH is 1. The molecule has 154 valence electrons. The molecule has 8 nitrogen and oxygen atoms in total. The van der Waals surface area contributed by atoms with Crippen LogP contribution in [0.2, 0.25) is 0 Å². The van der Waals surface area contributed by atoms with Gasteiger partial charge in [0.15, 0.2) is 5.58 Å². The molecular weight excluding hydrogens is 501 g/mol. The standard InChI is InChI=1S/C21H18IN3O5/c1-29-21(28)15-11-25(7-8-26)20(27)18(15)23-14-5-6-17-16(10-14)24-19(30-17)12-3-2-4-13(22)9-12/h2-6,9-10,23,26H,7-8,11H2,1H3. The maximum atomic E-state index is 12.7. The molecule has 4 rings (SSSR count). The molecule has 2 N–H and O–H groups in total. The van der Waals surface area contributed by atoms with Crippen molar-refractivity contribution < 1.29 is 23.8 Å². The molecular formula is C21H18IN3O5. The first kappa shape index (κ1) is 20.4. The van der Waals surface area contributed by atoms with Gasteiger partial charge in [-0.3, -0.25) is 4.79 Å². The second-order valence-corrected chi connectivity index (χ2v) is 7.88. The van der Waals surface area contributed by atoms with Gasteiger partial charge in [-0.15, -0.1) is 0 Å². The molecule has 0 saturated heterocycles. The van der Waals surface area contributed by atoms with Crippen LogP contribution in [0.5, 0.6) is 0 Å². The van der Waals surface area contributed by atoms with Crippen molar-refractivity contribution in [2.24, 2.45) is 0 Å². The lowest BCUT2D eigenvalue weighted by molar-refractivity contribution is -0.136. The van der Waals surface area contributed by atoms with E-state index in [9.17, 15) is 9.59 Å². The number of β-amino-alcohol motifs (C(OH)–C–C–N with tert-alkyl or cyclic N) is 1. The first-order valence-electron chi connectivity index (χ1n) is 9.15. The fraction of sp³-hybridized carbons (Fsp3) is 0.190. The molecule has 0 aliphatic carbocycles. The summed E-state index contributed by atoms with van der Waals surface area (Å²) in [6.07, 6.45) is 0. The second-order valence-electron chi connectivity index (χ2n) is 6.63. The van der Waals surface area contributed by atoms with Gasteiger partial charge in [0.1, 0.15) is 11.2 Å². The molecule has 2 aromatic carbocycles. The lowest BCUT2D eigenvalue weighted by Gasteiger charge is -2.14. The molecule has 30 heavy (non-hydrogen) atoms. The van der Waals surface area contributed by atoms with E-state index in [-0.39, 0.29) is 36.9 Å². The number of hydrogen-bond acceptors (Lipinski definition) is 7. The van der Waals surface area contributed by atoms with Crippen molar-refractivity contribution in [2.45, 2.75) is 0 Å². The number of carbonyl (C=O) groups excluding carboxylic acids is 2. The zero-order chi connectivity index (χ0) is 21.3. The molecule has 1 aliphatic rings. The first-order valence-corrected chi connectivity index (χ1v) is 10.2. The Hall–Kier alpha value is -2.92. The molecule has 0 atom stereocenters. The van der Waals surface area contributed by atoms with Crippen LogP contribution in [0.15, 0.2) is 58.2 Å². The molecule has 9 heteroatoms. The van der Waals surface area contributed by atoms with Crippen molar-refractivity contribution in [1.82, 2.24) is 9.88 Å². The van der Waals surface area contributed by atoms with E-state index in [4.69, 9.17) is 14.3 Å². The molecule has 0 saturated carbocycles. The molecule has 3 aromatic rings. The van der Waals surface area contributed by atoms with E-state index in [1.54, 1.807) is 18.2 Å². The van der Waals surface area contributed by atoms with E-state index in [1.165, 1.54) is 12.0 Å². The fourth-order valence-corrected chi connectivity index (χ4v) is 3.79. The molecule has 0 radical (unpaired) electrons. The van der Waals surface area contributed by atoms with Crippen molar-refractivity contribution >= 4 is 51.3 Å². The molecule has 0 unspecified atom stereocenters. The molecule has 0 spiro atoms. The third-order valence-corrected chi connectivity index (χ3v) is 5.35. The van der Waals surface area contributed by atoms with Crippen molar-refractivity contribution in [2.75, 3.05) is 32.1 Å². The van der Waals surface area contributed by atoms with Crippen molar-refractivity contribution in [3.63, 3.8) is 0 Å². The van der Waals surface area contributed by atoms with E-state index in [1.807, 2.05) is 24.3 Å². The average Bonchev–Trinajstić information content (AvgIpc) is 3.30. The van der Waals surface area contributed by atoms with Crippen LogP contribution in [0, 0.1) is 3.57 Å². The van der Waals surface area contributed by atoms with Gasteiger partial charge in [-0.1, -0.05) is 6.07 Å². The van der Waals surface area contributed by atoms with Gasteiger partial charge < -0.3 is 24.5 Å². The van der Waals surface area contributed by atoms with Crippen LogP contribution < -0.4 is 5.32 Å². The van der Waals surface area contributed by atoms with E-state index in [2.05, 4.69) is 32.9 Å². The topological polar surface area (TPSA) is 105 Å². The lowest BCUT2D eigenvalue weighted by atomic mass is 10.2. The Morgan fingerprint density at radius 3 is 2.90 bits per heavy atom. The van der Waals surface area contributed by atoms with Gasteiger partial charge in [-0.25, -0.2) is 9.78 Å². The van der Waals surface area contributed by atoms with Crippen molar-refractivity contribution in [3.05, 3.63) is 57.3 Å². The van der Waals surface area contributed by atoms with Crippen LogP contribution in [0.25, 0.3) is 22.6 Å². The fourth-order valence-electron chi connectivity index (χ4n) is 3.24. The van der Waals surface area contributed by atoms with Crippen molar-refractivity contribution in [1.29, 1.82) is 0 Å². The summed E-state index contributed by atoms with van der Waals surface area (Å²) in [6.45, 7) is 0.0169. The highest BCUT2D eigenvalue weighted by atomic mass is 127. The van der Waals surface area contributed by atoms with E-state index >= 15 is 0 Å². The van der Waals surface area contributed by atoms with Crippen LogP contribution in [-0.2, 0) is 14.3 Å². The van der Waals surface area contributed by atoms with Gasteiger partial charge in [-0.05, 0) is 59.0 Å². The number of esters is 1. The molecule has 2 heterocycles. The van der Waals surface area contributed by atoms with Crippen LogP contribution >= 0.6 is 22.6 Å². The lowest BCUT2D eigenvalue weighted by Crippen LogP contribution is -2.31. The van der Waals surface area contributed by atoms with Gasteiger partial charge in [0.2, 0.25) is 5.89 Å². The summed E-state index contributed by atoms with van der Waals surface area (Å²) in [5.41, 5.74) is 3.03. The van der Waals surface area contributed by atoms with Crippen molar-refractivity contribution in [3.8, 4) is 11.5 Å². The smallest absolute Gasteiger partial charge is 0.337 e. The summed E-state index contributed by atoms with van der Waals surface area (Å²) < 4.78 is 11.7. The number of aromatic nitrogens is 1. The highest BCUT2D eigenvalue weighted by molar-refractivity contribution is 14.1. The Balaban J connectivity index is 1.66. The zero-order valence-electron chi connectivity index (χ0n) is 16.0. The van der Waals surface area contributed by atoms with Crippen LogP contribution in [-0.4, -0.2) is 53.7 Å². The Morgan fingerprint density at radius 2 is 2.17 bits per heavy atom. The SMILES string of the molecule is COC(=O)C1=C(Nc2ccc3oc(-c4cccc(I)c4)nc3c2)C(=O)N(CCO)C1. The number of methoxy groups -OCH3 is 1. The normalized spacial score (nSPS) is 14.0. The van der Waals surface area contributed by atoms with Crippen LogP contribution in [0.3, 0.4) is 0 Å². The van der Waals surface area contributed by atoms with E-state index in [0.717, 1.165) is 9.13 Å². The van der Waals surface area contributed by atoms with Crippen LogP contribution in [0.1, 0.15) is 0 Å². The molecule has 1 amide bonds. The highest BCUT2D eigenvalue weighted by Gasteiger charge is 2.34. The summed E-state index contributed by atoms with van der Waals surface area (Å²) in [5.74, 6) is -0.458. The molecule has 0 fully saturated rings. The first-order chi connectivity index (χ1) is 14.5. The minimum Gasteiger partial charge on any atom is -0.466 e. The molecule has 0 bridgehead atoms. The molecule has 1 aliphatic heterocycles. The maximum Gasteiger partial charge on any atom is 0.337 e. The maximum absolute atomic E-state index is 12.7. The number of nitrogens with one attached hydrogen (secondary N) is 1. The predicted octanol–water partition coefficient (Wildman–Crippen LogP) is 2.77. The van der Waals surface area contributed by atoms with Gasteiger partial charge in [0.05, 0.1) is 25.8 Å². The van der Waals surface area contributed by atoms with E-state index in [0.29, 0.717) is 22.7 Å². The average molecular weight is 519 g/mol. The monoisotopic (exact) mass is 519 g/mol. The van der Waals surface area contributed by atoms with Gasteiger partial charge in [-0.2, -0.15) is 0 Å². The zero-order valence-corrected chi connectivity index (χ0v) is 18.2. The Morgan fingerprint density at radius 1 is 1.33 bits per heavy atom. The second kappa shape index (κ2) is 8.44. The predicted molar refractivity (Wildman–Crippen MR) is 118 cm³/mol. The summed E-state index contributed by atoms with van der Waals surface area (Å²) in [7, 11) is 1.26. The number of fused-ring (bicyclic) bond motifs is 1. The number of oxazole rings is 1.